The Morgan fingerprint density at radius 1 is 1.26 bits per heavy atom. The zero-order valence-electron chi connectivity index (χ0n) is 14.4. The fourth-order valence-electron chi connectivity index (χ4n) is 2.42. The number of benzene rings is 1. The van der Waals surface area contributed by atoms with Crippen LogP contribution in [0.4, 0.5) is 9.18 Å². The van der Waals surface area contributed by atoms with Gasteiger partial charge in [0.2, 0.25) is 5.76 Å². The topological polar surface area (TPSA) is 98.1 Å². The van der Waals surface area contributed by atoms with Crippen LogP contribution in [0.15, 0.2) is 40.8 Å². The largest absolute Gasteiger partial charge is 0.486 e. The van der Waals surface area contributed by atoms with Crippen molar-refractivity contribution in [1.82, 2.24) is 10.2 Å². The number of esters is 1. The first-order chi connectivity index (χ1) is 12.9. The van der Waals surface area contributed by atoms with E-state index >= 15 is 0 Å². The van der Waals surface area contributed by atoms with Crippen LogP contribution in [0.25, 0.3) is 0 Å². The average molecular weight is 376 g/mol. The van der Waals surface area contributed by atoms with Crippen LogP contribution in [-0.2, 0) is 16.1 Å². The van der Waals surface area contributed by atoms with Crippen molar-refractivity contribution in [2.45, 2.75) is 19.6 Å². The van der Waals surface area contributed by atoms with Gasteiger partial charge in [-0.05, 0) is 43.3 Å². The number of hydrogen-bond donors (Lipinski definition) is 1. The Hall–Kier alpha value is -3.36. The molecule has 1 aromatic heterocycles. The van der Waals surface area contributed by atoms with Gasteiger partial charge in [-0.2, -0.15) is 0 Å². The summed E-state index contributed by atoms with van der Waals surface area (Å²) in [5.74, 6) is -1.11. The molecule has 142 valence electrons. The quantitative estimate of drug-likeness (QED) is 0.776. The Balaban J connectivity index is 1.53. The summed E-state index contributed by atoms with van der Waals surface area (Å²) in [5, 5.41) is 2.50. The molecule has 2 heterocycles. The molecule has 27 heavy (non-hydrogen) atoms. The number of nitrogens with one attached hydrogen (secondary N) is 1. The molecule has 1 saturated heterocycles. The van der Waals surface area contributed by atoms with Crippen LogP contribution in [-0.4, -0.2) is 42.0 Å². The summed E-state index contributed by atoms with van der Waals surface area (Å²) in [4.78, 5) is 36.7. The van der Waals surface area contributed by atoms with E-state index in [2.05, 4.69) is 5.32 Å². The number of carbonyl (C=O) groups excluding carboxylic acids is 3. The SMILES string of the molecule is CC(OC(=O)c1ccc(COc2ccc(F)cc2)o1)C(=O)N1CCNC1=O. The Morgan fingerprint density at radius 3 is 2.67 bits per heavy atom. The van der Waals surface area contributed by atoms with E-state index in [0.717, 1.165) is 4.90 Å². The minimum atomic E-state index is -1.13. The Morgan fingerprint density at radius 2 is 2.00 bits per heavy atom. The van der Waals surface area contributed by atoms with Gasteiger partial charge in [0.25, 0.3) is 5.91 Å². The summed E-state index contributed by atoms with van der Waals surface area (Å²) in [6.07, 6.45) is -1.13. The molecule has 0 bridgehead atoms. The highest BCUT2D eigenvalue weighted by molar-refractivity contribution is 5.99. The lowest BCUT2D eigenvalue weighted by Gasteiger charge is -2.17. The van der Waals surface area contributed by atoms with E-state index in [-0.39, 0.29) is 24.7 Å². The predicted molar refractivity (Wildman–Crippen MR) is 89.4 cm³/mol. The first-order valence-corrected chi connectivity index (χ1v) is 8.21. The zero-order chi connectivity index (χ0) is 19.4. The van der Waals surface area contributed by atoms with Gasteiger partial charge in [-0.15, -0.1) is 0 Å². The molecule has 3 amide bonds. The van der Waals surface area contributed by atoms with Crippen LogP contribution in [0.5, 0.6) is 5.75 Å². The molecule has 1 atom stereocenters. The summed E-state index contributed by atoms with van der Waals surface area (Å²) in [6.45, 7) is 2.00. The number of halogens is 1. The molecule has 1 aromatic carbocycles. The maximum atomic E-state index is 12.8. The van der Waals surface area contributed by atoms with Crippen molar-refractivity contribution in [2.24, 2.45) is 0 Å². The average Bonchev–Trinajstić information content (AvgIpc) is 3.29. The van der Waals surface area contributed by atoms with Crippen molar-refractivity contribution in [3.8, 4) is 5.75 Å². The number of furan rings is 1. The van der Waals surface area contributed by atoms with Gasteiger partial charge in [0.05, 0.1) is 0 Å². The van der Waals surface area contributed by atoms with Crippen molar-refractivity contribution in [1.29, 1.82) is 0 Å². The van der Waals surface area contributed by atoms with Gasteiger partial charge in [-0.3, -0.25) is 9.69 Å². The second-order valence-electron chi connectivity index (χ2n) is 5.78. The molecule has 0 radical (unpaired) electrons. The van der Waals surface area contributed by atoms with Crippen LogP contribution < -0.4 is 10.1 Å². The molecule has 2 aromatic rings. The Labute approximate surface area is 153 Å². The van der Waals surface area contributed by atoms with Crippen LogP contribution in [0.1, 0.15) is 23.2 Å². The highest BCUT2D eigenvalue weighted by Gasteiger charge is 2.32. The maximum Gasteiger partial charge on any atom is 0.375 e. The molecule has 1 fully saturated rings. The van der Waals surface area contributed by atoms with Crippen LogP contribution in [0.3, 0.4) is 0 Å². The van der Waals surface area contributed by atoms with E-state index < -0.39 is 24.0 Å². The third-order valence-corrected chi connectivity index (χ3v) is 3.81. The Kier molecular flexibility index (Phi) is 5.39. The molecule has 0 saturated carbocycles. The molecule has 8 nitrogen and oxygen atoms in total. The van der Waals surface area contributed by atoms with Crippen molar-refractivity contribution < 1.29 is 32.7 Å². The van der Waals surface area contributed by atoms with Gasteiger partial charge < -0.3 is 19.2 Å². The molecule has 0 spiro atoms. The second kappa shape index (κ2) is 7.90. The zero-order valence-corrected chi connectivity index (χ0v) is 14.4. The van der Waals surface area contributed by atoms with Crippen molar-refractivity contribution in [3.63, 3.8) is 0 Å². The lowest BCUT2D eigenvalue weighted by molar-refractivity contribution is -0.136. The smallest absolute Gasteiger partial charge is 0.375 e. The van der Waals surface area contributed by atoms with Gasteiger partial charge in [0, 0.05) is 13.1 Å². The second-order valence-corrected chi connectivity index (χ2v) is 5.78. The van der Waals surface area contributed by atoms with E-state index in [0.29, 0.717) is 18.1 Å². The number of rotatable bonds is 6. The number of amides is 3. The third kappa shape index (κ3) is 4.43. The third-order valence-electron chi connectivity index (χ3n) is 3.81. The standard InChI is InChI=1S/C18H17FN2O6/c1-11(16(22)21-9-8-20-18(21)24)26-17(23)15-7-6-14(27-15)10-25-13-4-2-12(19)3-5-13/h2-7,11H,8-10H2,1H3,(H,20,24). The van der Waals surface area contributed by atoms with Crippen molar-refractivity contribution >= 4 is 17.9 Å². The number of ether oxygens (including phenoxy) is 2. The minimum absolute atomic E-state index is 0.0291. The summed E-state index contributed by atoms with van der Waals surface area (Å²) >= 11 is 0. The molecule has 1 aliphatic rings. The summed E-state index contributed by atoms with van der Waals surface area (Å²) in [5.41, 5.74) is 0. The molecule has 9 heteroatoms. The number of imide groups is 1. The van der Waals surface area contributed by atoms with Gasteiger partial charge in [-0.1, -0.05) is 0 Å². The lowest BCUT2D eigenvalue weighted by Crippen LogP contribution is -2.41. The number of carbonyl (C=O) groups is 3. The highest BCUT2D eigenvalue weighted by Crippen LogP contribution is 2.16. The van der Waals surface area contributed by atoms with Crippen molar-refractivity contribution in [2.75, 3.05) is 13.1 Å². The van der Waals surface area contributed by atoms with Gasteiger partial charge in [-0.25, -0.2) is 14.0 Å². The van der Waals surface area contributed by atoms with Crippen LogP contribution in [0, 0.1) is 5.82 Å². The fourth-order valence-corrected chi connectivity index (χ4v) is 2.42. The van der Waals surface area contributed by atoms with E-state index in [9.17, 15) is 18.8 Å². The van der Waals surface area contributed by atoms with E-state index in [1.165, 1.54) is 43.3 Å². The lowest BCUT2D eigenvalue weighted by atomic mass is 10.3. The van der Waals surface area contributed by atoms with E-state index in [1.54, 1.807) is 0 Å². The number of urea groups is 1. The predicted octanol–water partition coefficient (Wildman–Crippen LogP) is 2.09. The number of nitrogens with zero attached hydrogens (tertiary/aromatic N) is 1. The number of hydrogen-bond acceptors (Lipinski definition) is 6. The molecule has 1 N–H and O–H groups in total. The highest BCUT2D eigenvalue weighted by atomic mass is 19.1. The molecule has 0 aliphatic carbocycles. The fraction of sp³-hybridized carbons (Fsp3) is 0.278. The molecular weight excluding hydrogens is 359 g/mol. The first kappa shape index (κ1) is 18.4. The summed E-state index contributed by atoms with van der Waals surface area (Å²) in [7, 11) is 0. The van der Waals surface area contributed by atoms with E-state index in [4.69, 9.17) is 13.9 Å². The maximum absolute atomic E-state index is 12.8. The molecule has 3 rings (SSSR count). The molecule has 1 unspecified atom stereocenters. The monoisotopic (exact) mass is 376 g/mol. The molecular formula is C18H17FN2O6. The Bertz CT molecular complexity index is 848. The van der Waals surface area contributed by atoms with Crippen LogP contribution in [0.2, 0.25) is 0 Å². The van der Waals surface area contributed by atoms with Gasteiger partial charge in [0.15, 0.2) is 6.10 Å². The van der Waals surface area contributed by atoms with Gasteiger partial charge >= 0.3 is 12.0 Å². The van der Waals surface area contributed by atoms with E-state index in [1.807, 2.05) is 0 Å². The van der Waals surface area contributed by atoms with Gasteiger partial charge in [0.1, 0.15) is 23.9 Å². The normalized spacial score (nSPS) is 14.6. The summed E-state index contributed by atoms with van der Waals surface area (Å²) in [6, 6.07) is 7.87. The summed E-state index contributed by atoms with van der Waals surface area (Å²) < 4.78 is 28.7. The minimum Gasteiger partial charge on any atom is -0.486 e. The first-order valence-electron chi connectivity index (χ1n) is 8.21. The van der Waals surface area contributed by atoms with Crippen LogP contribution >= 0.6 is 0 Å². The van der Waals surface area contributed by atoms with Crippen molar-refractivity contribution in [3.05, 3.63) is 53.7 Å². The molecule has 1 aliphatic heterocycles.